The summed E-state index contributed by atoms with van der Waals surface area (Å²) in [6.07, 6.45) is 2.74. The maximum absolute atomic E-state index is 15.1. The summed E-state index contributed by atoms with van der Waals surface area (Å²) < 4.78 is 22.1. The zero-order valence-electron chi connectivity index (χ0n) is 18.3. The van der Waals surface area contributed by atoms with Gasteiger partial charge in [-0.2, -0.15) is 0 Å². The van der Waals surface area contributed by atoms with Crippen LogP contribution < -0.4 is 11.1 Å². The fourth-order valence-electron chi connectivity index (χ4n) is 4.78. The maximum atomic E-state index is 15.1. The van der Waals surface area contributed by atoms with E-state index < -0.39 is 22.9 Å². The van der Waals surface area contributed by atoms with Gasteiger partial charge in [-0.05, 0) is 42.0 Å². The number of rotatable bonds is 4. The van der Waals surface area contributed by atoms with Gasteiger partial charge in [-0.25, -0.2) is 9.18 Å². The molecule has 0 atom stereocenters. The SMILES string of the molecule is O=C(O)c1c(-c2ccc[nH]c2=O)c2c3occc3c(F)cc2n1Cc1cc(=O)[nH]c2cc(Cl)ccc12. The van der Waals surface area contributed by atoms with Gasteiger partial charge < -0.3 is 24.1 Å². The van der Waals surface area contributed by atoms with E-state index in [1.54, 1.807) is 24.3 Å². The number of aromatic carboxylic acids is 1. The Balaban J connectivity index is 1.76. The molecular formula is C26H15ClFN3O5. The van der Waals surface area contributed by atoms with Crippen LogP contribution in [-0.4, -0.2) is 25.6 Å². The molecule has 8 nitrogen and oxygen atoms in total. The number of carbonyl (C=O) groups is 1. The Hall–Kier alpha value is -4.63. The third kappa shape index (κ3) is 3.24. The molecule has 0 unspecified atom stereocenters. The molecular weight excluding hydrogens is 489 g/mol. The minimum Gasteiger partial charge on any atom is -0.477 e. The number of hydrogen-bond acceptors (Lipinski definition) is 4. The molecule has 4 heterocycles. The van der Waals surface area contributed by atoms with Crippen LogP contribution in [0.1, 0.15) is 16.1 Å². The second-order valence-corrected chi connectivity index (χ2v) is 8.73. The molecule has 0 aliphatic rings. The first kappa shape index (κ1) is 21.9. The van der Waals surface area contributed by atoms with Gasteiger partial charge in [0.25, 0.3) is 5.56 Å². The van der Waals surface area contributed by atoms with E-state index in [1.165, 1.54) is 41.3 Å². The summed E-state index contributed by atoms with van der Waals surface area (Å²) in [5.74, 6) is -1.94. The number of carboxylic acids is 1. The zero-order chi connectivity index (χ0) is 25.1. The van der Waals surface area contributed by atoms with Crippen LogP contribution in [0.5, 0.6) is 0 Å². The summed E-state index contributed by atoms with van der Waals surface area (Å²) in [5.41, 5.74) is 0.289. The number of halogens is 2. The van der Waals surface area contributed by atoms with Crippen molar-refractivity contribution in [1.82, 2.24) is 14.5 Å². The fourth-order valence-corrected chi connectivity index (χ4v) is 4.95. The first-order valence-corrected chi connectivity index (χ1v) is 11.2. The molecule has 0 fully saturated rings. The van der Waals surface area contributed by atoms with Crippen LogP contribution in [0.4, 0.5) is 4.39 Å². The first-order valence-electron chi connectivity index (χ1n) is 10.8. The largest absolute Gasteiger partial charge is 0.477 e. The topological polar surface area (TPSA) is 121 Å². The average Bonchev–Trinajstić information content (AvgIpc) is 3.43. The summed E-state index contributed by atoms with van der Waals surface area (Å²) >= 11 is 6.09. The van der Waals surface area contributed by atoms with Crippen molar-refractivity contribution >= 4 is 50.3 Å². The number of aromatic nitrogens is 3. The average molecular weight is 504 g/mol. The number of nitrogens with one attached hydrogen (secondary N) is 2. The van der Waals surface area contributed by atoms with Crippen LogP contribution in [-0.2, 0) is 6.54 Å². The monoisotopic (exact) mass is 503 g/mol. The van der Waals surface area contributed by atoms with Crippen LogP contribution in [0.2, 0.25) is 5.02 Å². The Bertz CT molecular complexity index is 1980. The van der Waals surface area contributed by atoms with E-state index in [9.17, 15) is 19.5 Å². The van der Waals surface area contributed by atoms with Gasteiger partial charge in [0.15, 0.2) is 0 Å². The highest BCUT2D eigenvalue weighted by Crippen LogP contribution is 2.40. The molecule has 0 radical (unpaired) electrons. The summed E-state index contributed by atoms with van der Waals surface area (Å²) in [5, 5.41) is 11.8. The highest BCUT2D eigenvalue weighted by atomic mass is 35.5. The number of fused-ring (bicyclic) bond motifs is 4. The zero-order valence-corrected chi connectivity index (χ0v) is 19.0. The van der Waals surface area contributed by atoms with E-state index in [2.05, 4.69) is 9.97 Å². The number of hydrogen-bond donors (Lipinski definition) is 3. The van der Waals surface area contributed by atoms with E-state index in [-0.39, 0.29) is 45.2 Å². The number of H-pyrrole nitrogens is 2. The normalized spacial score (nSPS) is 11.6. The Kier molecular flexibility index (Phi) is 4.84. The summed E-state index contributed by atoms with van der Waals surface area (Å²) in [6.45, 7) is -0.101. The van der Waals surface area contributed by atoms with Gasteiger partial charge in [-0.3, -0.25) is 9.59 Å². The molecule has 0 amide bonds. The minimum atomic E-state index is -1.33. The maximum Gasteiger partial charge on any atom is 0.353 e. The molecule has 2 aromatic carbocycles. The van der Waals surface area contributed by atoms with E-state index in [0.29, 0.717) is 21.5 Å². The van der Waals surface area contributed by atoms with Crippen LogP contribution in [0, 0.1) is 5.82 Å². The molecule has 0 saturated carbocycles. The van der Waals surface area contributed by atoms with Gasteiger partial charge >= 0.3 is 5.97 Å². The van der Waals surface area contributed by atoms with Crippen molar-refractivity contribution in [2.24, 2.45) is 0 Å². The van der Waals surface area contributed by atoms with E-state index in [4.69, 9.17) is 16.0 Å². The van der Waals surface area contributed by atoms with Crippen LogP contribution in [0.3, 0.4) is 0 Å². The molecule has 6 aromatic rings. The lowest BCUT2D eigenvalue weighted by atomic mass is 10.0. The smallest absolute Gasteiger partial charge is 0.353 e. The Morgan fingerprint density at radius 2 is 1.94 bits per heavy atom. The molecule has 178 valence electrons. The summed E-state index contributed by atoms with van der Waals surface area (Å²) in [4.78, 5) is 43.1. The van der Waals surface area contributed by atoms with Gasteiger partial charge in [0.2, 0.25) is 5.56 Å². The van der Waals surface area contributed by atoms with Gasteiger partial charge in [0.05, 0.1) is 33.6 Å². The van der Waals surface area contributed by atoms with Crippen molar-refractivity contribution in [2.75, 3.05) is 0 Å². The van der Waals surface area contributed by atoms with Crippen LogP contribution in [0.25, 0.3) is 43.9 Å². The summed E-state index contributed by atoms with van der Waals surface area (Å²) in [7, 11) is 0. The molecule has 10 heteroatoms. The molecule has 0 spiro atoms. The van der Waals surface area contributed by atoms with Crippen molar-refractivity contribution in [1.29, 1.82) is 0 Å². The lowest BCUT2D eigenvalue weighted by Crippen LogP contribution is -2.15. The van der Waals surface area contributed by atoms with Gasteiger partial charge in [-0.15, -0.1) is 0 Å². The van der Waals surface area contributed by atoms with E-state index in [1.807, 2.05) is 0 Å². The number of benzene rings is 2. The lowest BCUT2D eigenvalue weighted by Gasteiger charge is -2.12. The quantitative estimate of drug-likeness (QED) is 0.308. The van der Waals surface area contributed by atoms with Crippen molar-refractivity contribution < 1.29 is 18.7 Å². The standard InChI is InChI=1S/C26H15ClFN3O5/c27-13-3-4-14-12(8-20(32)30-18(14)9-13)11-31-19-10-17(28)15-5-7-36-24(15)22(19)21(23(31)26(34)35)16-2-1-6-29-25(16)33/h1-10H,11H2,(H,29,33)(H,30,32)(H,34,35). The number of carboxylic acid groups (broad SMARTS) is 1. The second-order valence-electron chi connectivity index (χ2n) is 8.29. The van der Waals surface area contributed by atoms with Crippen LogP contribution >= 0.6 is 11.6 Å². The van der Waals surface area contributed by atoms with Crippen LogP contribution in [0.15, 0.2) is 75.0 Å². The predicted molar refractivity (Wildman–Crippen MR) is 133 cm³/mol. The Labute approximate surface area is 205 Å². The number of nitrogens with zero attached hydrogens (tertiary/aromatic N) is 1. The molecule has 0 saturated heterocycles. The van der Waals surface area contributed by atoms with E-state index >= 15 is 4.39 Å². The third-order valence-electron chi connectivity index (χ3n) is 6.23. The van der Waals surface area contributed by atoms with E-state index in [0.717, 1.165) is 0 Å². The van der Waals surface area contributed by atoms with Crippen molar-refractivity contribution in [3.05, 3.63) is 104 Å². The van der Waals surface area contributed by atoms with Crippen molar-refractivity contribution in [3.8, 4) is 11.1 Å². The van der Waals surface area contributed by atoms with Crippen molar-refractivity contribution in [3.63, 3.8) is 0 Å². The minimum absolute atomic E-state index is 0.0884. The third-order valence-corrected chi connectivity index (χ3v) is 6.46. The number of furan rings is 1. The molecule has 0 aliphatic carbocycles. The molecule has 0 bridgehead atoms. The Morgan fingerprint density at radius 1 is 1.11 bits per heavy atom. The molecule has 3 N–H and O–H groups in total. The predicted octanol–water partition coefficient (Wildman–Crippen LogP) is 5.12. The Morgan fingerprint density at radius 3 is 2.72 bits per heavy atom. The molecule has 0 aliphatic heterocycles. The molecule has 36 heavy (non-hydrogen) atoms. The summed E-state index contributed by atoms with van der Waals surface area (Å²) in [6, 6.07) is 12.0. The fraction of sp³-hybridized carbons (Fsp3) is 0.0385. The highest BCUT2D eigenvalue weighted by Gasteiger charge is 2.29. The molecule has 6 rings (SSSR count). The van der Waals surface area contributed by atoms with Gasteiger partial charge in [-0.1, -0.05) is 17.7 Å². The van der Waals surface area contributed by atoms with Gasteiger partial charge in [0.1, 0.15) is 17.1 Å². The lowest BCUT2D eigenvalue weighted by molar-refractivity contribution is 0.0687. The number of aromatic amines is 2. The number of pyridine rings is 2. The molecule has 4 aromatic heterocycles. The van der Waals surface area contributed by atoms with Gasteiger partial charge in [0, 0.05) is 34.8 Å². The second kappa shape index (κ2) is 7.96. The highest BCUT2D eigenvalue weighted by molar-refractivity contribution is 6.31. The van der Waals surface area contributed by atoms with Crippen molar-refractivity contribution in [2.45, 2.75) is 6.54 Å². The first-order chi connectivity index (χ1) is 17.3.